The molecule has 0 aliphatic carbocycles. The van der Waals surface area contributed by atoms with Gasteiger partial charge in [0.15, 0.2) is 17.5 Å². The van der Waals surface area contributed by atoms with Crippen LogP contribution in [0.4, 0.5) is 0 Å². The third-order valence-electron chi connectivity index (χ3n) is 3.89. The quantitative estimate of drug-likeness (QED) is 0.801. The molecule has 0 bridgehead atoms. The Morgan fingerprint density at radius 3 is 3.00 bits per heavy atom. The number of aromatic amines is 1. The van der Waals surface area contributed by atoms with E-state index in [9.17, 15) is 0 Å². The van der Waals surface area contributed by atoms with Crippen molar-refractivity contribution in [3.63, 3.8) is 0 Å². The average Bonchev–Trinajstić information content (AvgIpc) is 3.23. The summed E-state index contributed by atoms with van der Waals surface area (Å²) in [6.45, 7) is 7.48. The predicted molar refractivity (Wildman–Crippen MR) is 84.3 cm³/mol. The van der Waals surface area contributed by atoms with Gasteiger partial charge in [-0.25, -0.2) is 4.98 Å². The number of morpholine rings is 1. The molecule has 1 aliphatic heterocycles. The van der Waals surface area contributed by atoms with Gasteiger partial charge in [0.2, 0.25) is 5.89 Å². The third kappa shape index (κ3) is 4.16. The summed E-state index contributed by atoms with van der Waals surface area (Å²) in [6.07, 6.45) is 0.538. The van der Waals surface area contributed by atoms with Crippen LogP contribution in [-0.4, -0.2) is 63.6 Å². The number of hydrogen-bond acceptors (Lipinski definition) is 8. The van der Waals surface area contributed by atoms with Crippen molar-refractivity contribution in [1.82, 2.24) is 30.2 Å². The van der Waals surface area contributed by atoms with E-state index in [1.54, 1.807) is 7.11 Å². The van der Waals surface area contributed by atoms with E-state index in [0.717, 1.165) is 18.2 Å². The topological polar surface area (TPSA) is 102 Å². The monoisotopic (exact) mass is 336 g/mol. The van der Waals surface area contributed by atoms with Gasteiger partial charge in [-0.1, -0.05) is 19.0 Å². The van der Waals surface area contributed by atoms with E-state index >= 15 is 0 Å². The molecule has 2 aromatic rings. The molecular weight excluding hydrogens is 312 g/mol. The van der Waals surface area contributed by atoms with Crippen LogP contribution in [0, 0.1) is 0 Å². The zero-order valence-electron chi connectivity index (χ0n) is 14.4. The Morgan fingerprint density at radius 1 is 1.38 bits per heavy atom. The first-order valence-electron chi connectivity index (χ1n) is 8.22. The van der Waals surface area contributed by atoms with Gasteiger partial charge < -0.3 is 14.0 Å². The molecule has 9 heteroatoms. The van der Waals surface area contributed by atoms with E-state index in [4.69, 9.17) is 14.0 Å². The number of hydrogen-bond donors (Lipinski definition) is 1. The van der Waals surface area contributed by atoms with Gasteiger partial charge in [0.05, 0.1) is 19.8 Å². The minimum atomic E-state index is -0.116. The Labute approximate surface area is 140 Å². The van der Waals surface area contributed by atoms with Crippen LogP contribution in [0.2, 0.25) is 0 Å². The van der Waals surface area contributed by atoms with Crippen LogP contribution in [0.5, 0.6) is 0 Å². The smallest absolute Gasteiger partial charge is 0.240 e. The number of methoxy groups -OCH3 is 1. The molecule has 9 nitrogen and oxygen atoms in total. The Balaban J connectivity index is 1.57. The molecule has 1 atom stereocenters. The molecule has 132 valence electrons. The van der Waals surface area contributed by atoms with E-state index in [-0.39, 0.29) is 6.10 Å². The minimum absolute atomic E-state index is 0.116. The second kappa shape index (κ2) is 7.82. The maximum absolute atomic E-state index is 5.82. The van der Waals surface area contributed by atoms with Crippen LogP contribution < -0.4 is 0 Å². The van der Waals surface area contributed by atoms with Gasteiger partial charge in [-0.05, 0) is 0 Å². The first kappa shape index (κ1) is 17.0. The van der Waals surface area contributed by atoms with Crippen molar-refractivity contribution in [1.29, 1.82) is 0 Å². The van der Waals surface area contributed by atoms with Gasteiger partial charge >= 0.3 is 0 Å². The summed E-state index contributed by atoms with van der Waals surface area (Å²) in [5, 5.41) is 11.2. The zero-order valence-corrected chi connectivity index (χ0v) is 14.4. The van der Waals surface area contributed by atoms with Gasteiger partial charge in [-0.15, -0.1) is 0 Å². The summed E-state index contributed by atoms with van der Waals surface area (Å²) in [7, 11) is 1.66. The highest BCUT2D eigenvalue weighted by molar-refractivity contribution is 5.00. The molecule has 0 amide bonds. The Bertz CT molecular complexity index is 641. The summed E-state index contributed by atoms with van der Waals surface area (Å²) < 4.78 is 16.2. The van der Waals surface area contributed by atoms with Gasteiger partial charge in [-0.3, -0.25) is 10.00 Å². The molecule has 1 saturated heterocycles. The fourth-order valence-electron chi connectivity index (χ4n) is 2.54. The Hall–Kier alpha value is -1.84. The molecule has 3 heterocycles. The summed E-state index contributed by atoms with van der Waals surface area (Å²) in [4.78, 5) is 11.1. The lowest BCUT2D eigenvalue weighted by Gasteiger charge is -2.30. The van der Waals surface area contributed by atoms with Crippen molar-refractivity contribution in [2.24, 2.45) is 0 Å². The fraction of sp³-hybridized carbons (Fsp3) is 0.733. The largest absolute Gasteiger partial charge is 0.384 e. The lowest BCUT2D eigenvalue weighted by Crippen LogP contribution is -2.38. The summed E-state index contributed by atoms with van der Waals surface area (Å²) in [5.41, 5.74) is 0. The normalized spacial score (nSPS) is 19.2. The predicted octanol–water partition coefficient (Wildman–Crippen LogP) is 1.07. The fourth-order valence-corrected chi connectivity index (χ4v) is 2.54. The molecule has 1 N–H and O–H groups in total. The number of ether oxygens (including phenoxy) is 2. The number of aromatic nitrogens is 5. The molecule has 1 aliphatic rings. The van der Waals surface area contributed by atoms with E-state index in [2.05, 4.69) is 44.1 Å². The molecule has 0 spiro atoms. The molecular formula is C15H24N6O3. The maximum atomic E-state index is 5.82. The van der Waals surface area contributed by atoms with Crippen LogP contribution >= 0.6 is 0 Å². The summed E-state index contributed by atoms with van der Waals surface area (Å²) in [6, 6.07) is 0. The molecule has 24 heavy (non-hydrogen) atoms. The van der Waals surface area contributed by atoms with Crippen molar-refractivity contribution in [2.45, 2.75) is 38.8 Å². The number of rotatable bonds is 7. The van der Waals surface area contributed by atoms with Crippen molar-refractivity contribution < 1.29 is 14.0 Å². The average molecular weight is 336 g/mol. The molecule has 0 radical (unpaired) electrons. The van der Waals surface area contributed by atoms with E-state index in [1.807, 2.05) is 0 Å². The van der Waals surface area contributed by atoms with E-state index in [0.29, 0.717) is 50.4 Å². The van der Waals surface area contributed by atoms with Crippen LogP contribution in [0.15, 0.2) is 4.52 Å². The van der Waals surface area contributed by atoms with E-state index < -0.39 is 0 Å². The third-order valence-corrected chi connectivity index (χ3v) is 3.89. The highest BCUT2D eigenvalue weighted by atomic mass is 16.5. The van der Waals surface area contributed by atoms with E-state index in [1.165, 1.54) is 0 Å². The highest BCUT2D eigenvalue weighted by Gasteiger charge is 2.26. The maximum Gasteiger partial charge on any atom is 0.240 e. The molecule has 1 fully saturated rings. The Kier molecular flexibility index (Phi) is 5.54. The Morgan fingerprint density at radius 2 is 2.25 bits per heavy atom. The molecule has 3 rings (SSSR count). The van der Waals surface area contributed by atoms with Crippen molar-refractivity contribution >= 4 is 0 Å². The van der Waals surface area contributed by atoms with Crippen LogP contribution in [0.1, 0.15) is 49.2 Å². The standard InChI is InChI=1S/C15H24N6O3/c1-10(2)14-17-15(19-18-14)11-8-21(5-7-23-11)9-13-16-12(20-24-13)4-6-22-3/h10-11H,4-9H2,1-3H3,(H,17,18,19)/t11-/m0/s1. The molecule has 0 unspecified atom stereocenters. The SMILES string of the molecule is COCCc1noc(CN2CCO[C@H](c3nc(C(C)C)n[nH]3)C2)n1. The number of H-pyrrole nitrogens is 1. The number of nitrogens with zero attached hydrogens (tertiary/aromatic N) is 5. The van der Waals surface area contributed by atoms with Crippen molar-refractivity contribution in [2.75, 3.05) is 33.4 Å². The second-order valence-corrected chi connectivity index (χ2v) is 6.18. The first-order chi connectivity index (χ1) is 11.7. The summed E-state index contributed by atoms with van der Waals surface area (Å²) in [5.74, 6) is 3.16. The molecule has 0 aromatic carbocycles. The van der Waals surface area contributed by atoms with Crippen LogP contribution in [-0.2, 0) is 22.4 Å². The summed E-state index contributed by atoms with van der Waals surface area (Å²) >= 11 is 0. The van der Waals surface area contributed by atoms with Crippen molar-refractivity contribution in [3.8, 4) is 0 Å². The van der Waals surface area contributed by atoms with Crippen LogP contribution in [0.25, 0.3) is 0 Å². The van der Waals surface area contributed by atoms with Gasteiger partial charge in [0, 0.05) is 32.5 Å². The minimum Gasteiger partial charge on any atom is -0.384 e. The van der Waals surface area contributed by atoms with Crippen LogP contribution in [0.3, 0.4) is 0 Å². The highest BCUT2D eigenvalue weighted by Crippen LogP contribution is 2.21. The first-order valence-corrected chi connectivity index (χ1v) is 8.22. The lowest BCUT2D eigenvalue weighted by molar-refractivity contribution is -0.0396. The number of nitrogens with one attached hydrogen (secondary N) is 1. The van der Waals surface area contributed by atoms with Gasteiger partial charge in [-0.2, -0.15) is 10.1 Å². The second-order valence-electron chi connectivity index (χ2n) is 6.18. The molecule has 0 saturated carbocycles. The van der Waals surface area contributed by atoms with Gasteiger partial charge in [0.25, 0.3) is 0 Å². The lowest BCUT2D eigenvalue weighted by atomic mass is 10.2. The zero-order chi connectivity index (χ0) is 16.9. The van der Waals surface area contributed by atoms with Gasteiger partial charge in [0.1, 0.15) is 6.10 Å². The molecule has 2 aromatic heterocycles. The van der Waals surface area contributed by atoms with Crippen molar-refractivity contribution in [3.05, 3.63) is 23.4 Å².